The van der Waals surface area contributed by atoms with Gasteiger partial charge in [0, 0.05) is 30.7 Å². The largest absolute Gasteiger partial charge is 0.378 e. The van der Waals surface area contributed by atoms with E-state index < -0.39 is 0 Å². The Morgan fingerprint density at radius 2 is 2.17 bits per heavy atom. The molecule has 3 heterocycles. The summed E-state index contributed by atoms with van der Waals surface area (Å²) in [5, 5.41) is 9.10. The first-order valence-corrected chi connectivity index (χ1v) is 8.32. The minimum absolute atomic E-state index is 0.0145. The van der Waals surface area contributed by atoms with E-state index in [0.29, 0.717) is 42.0 Å². The van der Waals surface area contributed by atoms with Crippen LogP contribution in [0.1, 0.15) is 9.67 Å². The standard InChI is InChI=1S/C14H15ClN4O3S/c15-10-7-11(23-9-10)14(21)16-12-1-2-19(17-12)8-13(20)18-3-5-22-6-4-18/h1-2,7,9H,3-6,8H2,(H,16,17,21). The number of halogens is 1. The van der Waals surface area contributed by atoms with Crippen molar-refractivity contribution in [2.45, 2.75) is 6.54 Å². The van der Waals surface area contributed by atoms with Gasteiger partial charge in [0.25, 0.3) is 5.91 Å². The second-order valence-electron chi connectivity index (χ2n) is 4.98. The number of carbonyl (C=O) groups is 2. The van der Waals surface area contributed by atoms with Crippen LogP contribution in [0.4, 0.5) is 5.82 Å². The van der Waals surface area contributed by atoms with Gasteiger partial charge in [0.05, 0.1) is 23.1 Å². The van der Waals surface area contributed by atoms with E-state index in [4.69, 9.17) is 16.3 Å². The van der Waals surface area contributed by atoms with E-state index in [1.807, 2.05) is 0 Å². The predicted octanol–water partition coefficient (Wildman–Crippen LogP) is 1.71. The van der Waals surface area contributed by atoms with Crippen molar-refractivity contribution in [2.24, 2.45) is 0 Å². The maximum Gasteiger partial charge on any atom is 0.266 e. The zero-order valence-corrected chi connectivity index (χ0v) is 13.8. The van der Waals surface area contributed by atoms with Crippen LogP contribution in [-0.2, 0) is 16.1 Å². The minimum atomic E-state index is -0.272. The average Bonchev–Trinajstić information content (AvgIpc) is 3.17. The molecular weight excluding hydrogens is 340 g/mol. The van der Waals surface area contributed by atoms with Crippen molar-refractivity contribution >= 4 is 40.6 Å². The molecule has 1 N–H and O–H groups in total. The summed E-state index contributed by atoms with van der Waals surface area (Å²) in [5.41, 5.74) is 0. The highest BCUT2D eigenvalue weighted by Crippen LogP contribution is 2.20. The number of aromatic nitrogens is 2. The lowest BCUT2D eigenvalue weighted by Crippen LogP contribution is -2.42. The summed E-state index contributed by atoms with van der Waals surface area (Å²) >= 11 is 7.06. The molecule has 23 heavy (non-hydrogen) atoms. The van der Waals surface area contributed by atoms with Crippen molar-refractivity contribution in [2.75, 3.05) is 31.6 Å². The molecule has 0 bridgehead atoms. The number of carbonyl (C=O) groups excluding carboxylic acids is 2. The lowest BCUT2D eigenvalue weighted by atomic mass is 10.4. The van der Waals surface area contributed by atoms with Crippen molar-refractivity contribution in [1.29, 1.82) is 0 Å². The van der Waals surface area contributed by atoms with Crippen molar-refractivity contribution in [3.05, 3.63) is 33.6 Å². The fourth-order valence-electron chi connectivity index (χ4n) is 2.18. The number of hydrogen-bond donors (Lipinski definition) is 1. The second-order valence-corrected chi connectivity index (χ2v) is 6.32. The number of anilines is 1. The molecule has 0 aromatic carbocycles. The molecule has 0 atom stereocenters. The van der Waals surface area contributed by atoms with Crippen LogP contribution in [0.5, 0.6) is 0 Å². The number of nitrogens with one attached hydrogen (secondary N) is 1. The van der Waals surface area contributed by atoms with E-state index in [1.165, 1.54) is 16.0 Å². The van der Waals surface area contributed by atoms with Gasteiger partial charge in [-0.2, -0.15) is 5.10 Å². The average molecular weight is 355 g/mol. The van der Waals surface area contributed by atoms with Crippen LogP contribution in [0.2, 0.25) is 5.02 Å². The summed E-state index contributed by atoms with van der Waals surface area (Å²) in [4.78, 5) is 26.4. The molecular formula is C14H15ClN4O3S. The zero-order valence-electron chi connectivity index (χ0n) is 12.2. The summed E-state index contributed by atoms with van der Waals surface area (Å²) < 4.78 is 6.73. The quantitative estimate of drug-likeness (QED) is 0.906. The molecule has 7 nitrogen and oxygen atoms in total. The Balaban J connectivity index is 1.57. The number of thiophene rings is 1. The van der Waals surface area contributed by atoms with E-state index in [9.17, 15) is 9.59 Å². The molecule has 9 heteroatoms. The SMILES string of the molecule is O=C(Nc1ccn(CC(=O)N2CCOCC2)n1)c1cc(Cl)cs1. The highest BCUT2D eigenvalue weighted by molar-refractivity contribution is 7.12. The number of hydrogen-bond acceptors (Lipinski definition) is 5. The molecule has 2 amide bonds. The van der Waals surface area contributed by atoms with Crippen molar-refractivity contribution in [1.82, 2.24) is 14.7 Å². The number of morpholine rings is 1. The molecule has 3 rings (SSSR count). The van der Waals surface area contributed by atoms with E-state index in [2.05, 4.69) is 10.4 Å². The van der Waals surface area contributed by atoms with E-state index in [1.54, 1.807) is 28.6 Å². The third-order valence-electron chi connectivity index (χ3n) is 3.33. The molecule has 1 aliphatic rings. The smallest absolute Gasteiger partial charge is 0.266 e. The molecule has 1 aliphatic heterocycles. The zero-order chi connectivity index (χ0) is 16.2. The van der Waals surface area contributed by atoms with Gasteiger partial charge < -0.3 is 15.0 Å². The molecule has 122 valence electrons. The molecule has 0 aliphatic carbocycles. The first-order valence-electron chi connectivity index (χ1n) is 7.06. The van der Waals surface area contributed by atoms with Crippen LogP contribution in [0.25, 0.3) is 0 Å². The summed E-state index contributed by atoms with van der Waals surface area (Å²) in [6.45, 7) is 2.47. The third-order valence-corrected chi connectivity index (χ3v) is 4.61. The van der Waals surface area contributed by atoms with Gasteiger partial charge in [-0.05, 0) is 6.07 Å². The molecule has 2 aromatic rings. The van der Waals surface area contributed by atoms with Crippen molar-refractivity contribution in [3.8, 4) is 0 Å². The minimum Gasteiger partial charge on any atom is -0.378 e. The Hall–Kier alpha value is -1.90. The first kappa shape index (κ1) is 16.0. The second kappa shape index (κ2) is 7.12. The molecule has 1 saturated heterocycles. The van der Waals surface area contributed by atoms with E-state index >= 15 is 0 Å². The molecule has 1 fully saturated rings. The maximum absolute atomic E-state index is 12.1. The Labute approximate surface area is 141 Å². The fourth-order valence-corrected chi connectivity index (χ4v) is 3.15. The molecule has 0 radical (unpaired) electrons. The van der Waals surface area contributed by atoms with E-state index in [-0.39, 0.29) is 18.4 Å². The molecule has 0 spiro atoms. The van der Waals surface area contributed by atoms with Gasteiger partial charge in [-0.15, -0.1) is 11.3 Å². The molecule has 0 unspecified atom stereocenters. The van der Waals surface area contributed by atoms with Crippen LogP contribution in [-0.4, -0.2) is 52.8 Å². The van der Waals surface area contributed by atoms with Gasteiger partial charge in [0.1, 0.15) is 6.54 Å². The Morgan fingerprint density at radius 1 is 1.39 bits per heavy atom. The van der Waals surface area contributed by atoms with Gasteiger partial charge in [-0.1, -0.05) is 11.6 Å². The van der Waals surface area contributed by atoms with Crippen LogP contribution in [0, 0.1) is 0 Å². The number of nitrogens with zero attached hydrogens (tertiary/aromatic N) is 3. The lowest BCUT2D eigenvalue weighted by molar-refractivity contribution is -0.136. The normalized spacial score (nSPS) is 14.7. The molecule has 2 aromatic heterocycles. The summed E-state index contributed by atoms with van der Waals surface area (Å²) in [7, 11) is 0. The van der Waals surface area contributed by atoms with Crippen LogP contribution in [0.15, 0.2) is 23.7 Å². The first-order chi connectivity index (χ1) is 11.1. The summed E-state index contributed by atoms with van der Waals surface area (Å²) in [6, 6.07) is 3.25. The third kappa shape index (κ3) is 4.10. The molecule has 0 saturated carbocycles. The lowest BCUT2D eigenvalue weighted by Gasteiger charge is -2.26. The van der Waals surface area contributed by atoms with Crippen molar-refractivity contribution in [3.63, 3.8) is 0 Å². The summed E-state index contributed by atoms with van der Waals surface area (Å²) in [6.07, 6.45) is 1.66. The highest BCUT2D eigenvalue weighted by atomic mass is 35.5. The topological polar surface area (TPSA) is 76.5 Å². The van der Waals surface area contributed by atoms with Gasteiger partial charge in [-0.3, -0.25) is 14.3 Å². The number of amides is 2. The predicted molar refractivity (Wildman–Crippen MR) is 86.9 cm³/mol. The van der Waals surface area contributed by atoms with Gasteiger partial charge in [0.2, 0.25) is 5.91 Å². The van der Waals surface area contributed by atoms with Gasteiger partial charge in [-0.25, -0.2) is 0 Å². The number of ether oxygens (including phenoxy) is 1. The Bertz CT molecular complexity index is 708. The Morgan fingerprint density at radius 3 is 2.87 bits per heavy atom. The maximum atomic E-state index is 12.1. The van der Waals surface area contributed by atoms with E-state index in [0.717, 1.165) is 0 Å². The Kier molecular flexibility index (Phi) is 4.94. The number of rotatable bonds is 4. The van der Waals surface area contributed by atoms with Gasteiger partial charge in [0.15, 0.2) is 5.82 Å². The highest BCUT2D eigenvalue weighted by Gasteiger charge is 2.17. The van der Waals surface area contributed by atoms with Crippen LogP contribution >= 0.6 is 22.9 Å². The monoisotopic (exact) mass is 354 g/mol. The van der Waals surface area contributed by atoms with Crippen LogP contribution < -0.4 is 5.32 Å². The summed E-state index contributed by atoms with van der Waals surface area (Å²) in [5.74, 6) is 0.111. The van der Waals surface area contributed by atoms with Crippen LogP contribution in [0.3, 0.4) is 0 Å². The van der Waals surface area contributed by atoms with Crippen molar-refractivity contribution < 1.29 is 14.3 Å². The van der Waals surface area contributed by atoms with Gasteiger partial charge >= 0.3 is 0 Å². The fraction of sp³-hybridized carbons (Fsp3) is 0.357.